The summed E-state index contributed by atoms with van der Waals surface area (Å²) in [5.41, 5.74) is 1.56. The van der Waals surface area contributed by atoms with Gasteiger partial charge in [-0.05, 0) is 32.8 Å². The minimum atomic E-state index is 0.0341. The highest BCUT2D eigenvalue weighted by Gasteiger charge is 2.41. The van der Waals surface area contributed by atoms with E-state index in [0.717, 1.165) is 39.3 Å². The lowest BCUT2D eigenvalue weighted by Crippen LogP contribution is -2.66. The van der Waals surface area contributed by atoms with Crippen LogP contribution in [-0.2, 0) is 10.3 Å². The molecular weight excluding hydrogens is 260 g/mol. The molecule has 3 heteroatoms. The summed E-state index contributed by atoms with van der Waals surface area (Å²) in [7, 11) is 0. The highest BCUT2D eigenvalue weighted by Crippen LogP contribution is 2.32. The van der Waals surface area contributed by atoms with Crippen LogP contribution in [0.5, 0.6) is 0 Å². The van der Waals surface area contributed by atoms with Crippen molar-refractivity contribution in [1.29, 1.82) is 0 Å². The molecule has 2 rings (SSSR count). The summed E-state index contributed by atoms with van der Waals surface area (Å²) in [6, 6.07) is 10.8. The van der Waals surface area contributed by atoms with Gasteiger partial charge in [-0.2, -0.15) is 0 Å². The van der Waals surface area contributed by atoms with Crippen LogP contribution in [0.1, 0.15) is 39.7 Å². The molecule has 0 aromatic heterocycles. The lowest BCUT2D eigenvalue weighted by Gasteiger charge is -2.51. The lowest BCUT2D eigenvalue weighted by atomic mass is 9.84. The normalized spacial score (nSPS) is 25.9. The molecule has 1 unspecified atom stereocenters. The number of piperazine rings is 1. The van der Waals surface area contributed by atoms with Crippen LogP contribution in [0.2, 0.25) is 0 Å². The third-order valence-corrected chi connectivity index (χ3v) is 4.44. The predicted molar refractivity (Wildman–Crippen MR) is 88.6 cm³/mol. The predicted octanol–water partition coefficient (Wildman–Crippen LogP) is 3.01. The van der Waals surface area contributed by atoms with E-state index in [2.05, 4.69) is 68.2 Å². The number of ether oxygens (including phenoxy) is 1. The summed E-state index contributed by atoms with van der Waals surface area (Å²) in [5, 5.41) is 3.70. The highest BCUT2D eigenvalue weighted by atomic mass is 16.5. The quantitative estimate of drug-likeness (QED) is 0.815. The van der Waals surface area contributed by atoms with Crippen LogP contribution in [0.25, 0.3) is 0 Å². The Hall–Kier alpha value is -0.900. The Bertz CT molecular complexity index is 432. The summed E-state index contributed by atoms with van der Waals surface area (Å²) in [4.78, 5) is 2.58. The molecule has 1 aliphatic heterocycles. The molecule has 0 spiro atoms. The smallest absolute Gasteiger partial charge is 0.0593 e. The zero-order chi connectivity index (χ0) is 15.3. The van der Waals surface area contributed by atoms with E-state index in [0.29, 0.717) is 0 Å². The van der Waals surface area contributed by atoms with Crippen molar-refractivity contribution in [2.75, 3.05) is 32.8 Å². The van der Waals surface area contributed by atoms with E-state index in [9.17, 15) is 0 Å². The van der Waals surface area contributed by atoms with E-state index >= 15 is 0 Å². The van der Waals surface area contributed by atoms with Crippen molar-refractivity contribution in [2.45, 2.75) is 45.2 Å². The minimum Gasteiger partial charge on any atom is -0.380 e. The molecule has 118 valence electrons. The van der Waals surface area contributed by atoms with Gasteiger partial charge in [0, 0.05) is 31.8 Å². The molecule has 0 aliphatic carbocycles. The van der Waals surface area contributed by atoms with Gasteiger partial charge in [0.05, 0.1) is 12.1 Å². The summed E-state index contributed by atoms with van der Waals surface area (Å²) < 4.78 is 5.72. The van der Waals surface area contributed by atoms with Crippen LogP contribution in [0, 0.1) is 0 Å². The van der Waals surface area contributed by atoms with Crippen LogP contribution in [0.15, 0.2) is 30.3 Å². The van der Waals surface area contributed by atoms with Crippen LogP contribution in [0.4, 0.5) is 0 Å². The van der Waals surface area contributed by atoms with Gasteiger partial charge in [0.1, 0.15) is 0 Å². The third kappa shape index (κ3) is 4.06. The molecule has 0 radical (unpaired) electrons. The van der Waals surface area contributed by atoms with E-state index in [4.69, 9.17) is 4.74 Å². The van der Waals surface area contributed by atoms with Gasteiger partial charge in [0.25, 0.3) is 0 Å². The Morgan fingerprint density at radius 2 is 1.86 bits per heavy atom. The first-order chi connectivity index (χ1) is 9.98. The molecule has 1 atom stereocenters. The summed E-state index contributed by atoms with van der Waals surface area (Å²) in [6.07, 6.45) is 1.09. The first-order valence-corrected chi connectivity index (χ1v) is 8.11. The van der Waals surface area contributed by atoms with Gasteiger partial charge in [-0.1, -0.05) is 37.3 Å². The van der Waals surface area contributed by atoms with E-state index < -0.39 is 0 Å². The molecule has 0 amide bonds. The Morgan fingerprint density at radius 1 is 1.14 bits per heavy atom. The first-order valence-electron chi connectivity index (χ1n) is 8.11. The molecule has 21 heavy (non-hydrogen) atoms. The number of hydrogen-bond acceptors (Lipinski definition) is 3. The molecule has 1 aliphatic rings. The maximum atomic E-state index is 5.72. The zero-order valence-corrected chi connectivity index (χ0v) is 14.0. The fraction of sp³-hybridized carbons (Fsp3) is 0.667. The SMILES string of the molecule is CCCOCCN1CC(C)(C)NCC1(C)c1ccccc1. The maximum absolute atomic E-state index is 5.72. The molecule has 1 N–H and O–H groups in total. The molecule has 1 aromatic rings. The molecule has 0 bridgehead atoms. The van der Waals surface area contributed by atoms with Gasteiger partial charge in [0.2, 0.25) is 0 Å². The highest BCUT2D eigenvalue weighted by molar-refractivity contribution is 5.26. The molecule has 1 saturated heterocycles. The Morgan fingerprint density at radius 3 is 2.52 bits per heavy atom. The second-order valence-corrected chi connectivity index (χ2v) is 6.91. The van der Waals surface area contributed by atoms with Crippen molar-refractivity contribution in [3.05, 3.63) is 35.9 Å². The van der Waals surface area contributed by atoms with Gasteiger partial charge in [-0.25, -0.2) is 0 Å². The van der Waals surface area contributed by atoms with Crippen LogP contribution in [-0.4, -0.2) is 43.3 Å². The molecule has 0 saturated carbocycles. The average Bonchev–Trinajstić information content (AvgIpc) is 2.48. The van der Waals surface area contributed by atoms with Crippen molar-refractivity contribution in [2.24, 2.45) is 0 Å². The summed E-state index contributed by atoms with van der Waals surface area (Å²) in [5.74, 6) is 0. The molecular formula is C18H30N2O. The van der Waals surface area contributed by atoms with E-state index in [-0.39, 0.29) is 11.1 Å². The molecule has 3 nitrogen and oxygen atoms in total. The zero-order valence-electron chi connectivity index (χ0n) is 14.0. The van der Waals surface area contributed by atoms with Gasteiger partial charge < -0.3 is 10.1 Å². The van der Waals surface area contributed by atoms with Crippen molar-refractivity contribution >= 4 is 0 Å². The Labute approximate surface area is 129 Å². The van der Waals surface area contributed by atoms with E-state index in [1.807, 2.05) is 0 Å². The van der Waals surface area contributed by atoms with Crippen molar-refractivity contribution < 1.29 is 4.74 Å². The van der Waals surface area contributed by atoms with Gasteiger partial charge >= 0.3 is 0 Å². The number of nitrogens with zero attached hydrogens (tertiary/aromatic N) is 1. The number of benzene rings is 1. The van der Waals surface area contributed by atoms with Crippen molar-refractivity contribution in [3.63, 3.8) is 0 Å². The average molecular weight is 290 g/mol. The molecule has 1 fully saturated rings. The van der Waals surface area contributed by atoms with Gasteiger partial charge in [-0.15, -0.1) is 0 Å². The van der Waals surface area contributed by atoms with Crippen LogP contribution in [0.3, 0.4) is 0 Å². The van der Waals surface area contributed by atoms with Crippen molar-refractivity contribution in [1.82, 2.24) is 10.2 Å². The monoisotopic (exact) mass is 290 g/mol. The molecule has 1 heterocycles. The summed E-state index contributed by atoms with van der Waals surface area (Å²) in [6.45, 7) is 13.7. The topological polar surface area (TPSA) is 24.5 Å². The largest absolute Gasteiger partial charge is 0.380 e. The maximum Gasteiger partial charge on any atom is 0.0593 e. The van der Waals surface area contributed by atoms with E-state index in [1.165, 1.54) is 5.56 Å². The van der Waals surface area contributed by atoms with Gasteiger partial charge in [-0.3, -0.25) is 4.90 Å². The van der Waals surface area contributed by atoms with E-state index in [1.54, 1.807) is 0 Å². The summed E-state index contributed by atoms with van der Waals surface area (Å²) >= 11 is 0. The fourth-order valence-corrected chi connectivity index (χ4v) is 3.06. The standard InChI is InChI=1S/C18H30N2O/c1-5-12-21-13-11-20-15-17(2,3)19-14-18(20,4)16-9-7-6-8-10-16/h6-10,19H,5,11-15H2,1-4H3. The number of nitrogens with one attached hydrogen (secondary N) is 1. The minimum absolute atomic E-state index is 0.0341. The van der Waals surface area contributed by atoms with Crippen LogP contribution < -0.4 is 5.32 Å². The fourth-order valence-electron chi connectivity index (χ4n) is 3.06. The Kier molecular flexibility index (Phi) is 5.42. The van der Waals surface area contributed by atoms with Crippen LogP contribution >= 0.6 is 0 Å². The van der Waals surface area contributed by atoms with Crippen molar-refractivity contribution in [3.8, 4) is 0 Å². The van der Waals surface area contributed by atoms with Gasteiger partial charge in [0.15, 0.2) is 0 Å². The second kappa shape index (κ2) is 6.91. The number of rotatable bonds is 6. The first kappa shape index (κ1) is 16.5. The Balaban J connectivity index is 2.12. The second-order valence-electron chi connectivity index (χ2n) is 6.91. The lowest BCUT2D eigenvalue weighted by molar-refractivity contribution is -0.00100. The number of hydrogen-bond donors (Lipinski definition) is 1. The molecule has 1 aromatic carbocycles. The third-order valence-electron chi connectivity index (χ3n) is 4.44.